The van der Waals surface area contributed by atoms with Crippen molar-refractivity contribution in [3.05, 3.63) is 0 Å². The van der Waals surface area contributed by atoms with E-state index < -0.39 is 0 Å². The third kappa shape index (κ3) is 4.07. The summed E-state index contributed by atoms with van der Waals surface area (Å²) in [6.45, 7) is 0.923. The minimum Gasteiger partial charge on any atom is -0.378 e. The van der Waals surface area contributed by atoms with E-state index in [9.17, 15) is 0 Å². The van der Waals surface area contributed by atoms with Gasteiger partial charge in [0.25, 0.3) is 0 Å². The molecular weight excluding hydrogens is 194 g/mol. The summed E-state index contributed by atoms with van der Waals surface area (Å²) >= 11 is 0. The van der Waals surface area contributed by atoms with E-state index in [1.54, 1.807) is 14.2 Å². The summed E-state index contributed by atoms with van der Waals surface area (Å²) in [4.78, 5) is 0. The Morgan fingerprint density at radius 3 is 2.60 bits per heavy atom. The van der Waals surface area contributed by atoms with Crippen molar-refractivity contribution in [3.8, 4) is 0 Å². The molecule has 4 nitrogen and oxygen atoms in total. The van der Waals surface area contributed by atoms with Crippen LogP contribution in [0.4, 0.5) is 0 Å². The number of ether oxygens (including phenoxy) is 3. The molecule has 0 spiro atoms. The van der Waals surface area contributed by atoms with Crippen LogP contribution in [0.1, 0.15) is 25.7 Å². The van der Waals surface area contributed by atoms with E-state index in [0.717, 1.165) is 19.4 Å². The molecule has 1 aliphatic heterocycles. The monoisotopic (exact) mass is 217 g/mol. The zero-order valence-corrected chi connectivity index (χ0v) is 9.99. The maximum absolute atomic E-state index is 5.59. The van der Waals surface area contributed by atoms with Crippen molar-refractivity contribution >= 4 is 0 Å². The molecule has 0 aromatic carbocycles. The average Bonchev–Trinajstić information content (AvgIpc) is 2.77. The summed E-state index contributed by atoms with van der Waals surface area (Å²) in [6.07, 6.45) is 4.77. The van der Waals surface area contributed by atoms with Gasteiger partial charge in [0.2, 0.25) is 0 Å². The highest BCUT2D eigenvalue weighted by Gasteiger charge is 2.22. The maximum Gasteiger partial charge on any atom is 0.171 e. The molecule has 0 saturated carbocycles. The average molecular weight is 217 g/mol. The third-order valence-electron chi connectivity index (χ3n) is 2.99. The number of rotatable bonds is 7. The van der Waals surface area contributed by atoms with Crippen molar-refractivity contribution < 1.29 is 14.2 Å². The van der Waals surface area contributed by atoms with E-state index in [1.807, 2.05) is 7.05 Å². The molecule has 0 bridgehead atoms. The van der Waals surface area contributed by atoms with Crippen molar-refractivity contribution in [3.63, 3.8) is 0 Å². The first kappa shape index (κ1) is 12.9. The first-order valence-corrected chi connectivity index (χ1v) is 5.66. The largest absolute Gasteiger partial charge is 0.378 e. The Hall–Kier alpha value is -0.160. The fraction of sp³-hybridized carbons (Fsp3) is 1.00. The van der Waals surface area contributed by atoms with E-state index in [2.05, 4.69) is 5.32 Å². The van der Waals surface area contributed by atoms with Crippen molar-refractivity contribution in [1.29, 1.82) is 0 Å². The molecule has 1 heterocycles. The first-order valence-electron chi connectivity index (χ1n) is 5.66. The molecule has 0 aromatic heterocycles. The quantitative estimate of drug-likeness (QED) is 0.649. The normalized spacial score (nSPS) is 23.6. The number of hydrogen-bond donors (Lipinski definition) is 1. The Morgan fingerprint density at radius 1 is 1.40 bits per heavy atom. The highest BCUT2D eigenvalue weighted by molar-refractivity contribution is 4.73. The topological polar surface area (TPSA) is 39.7 Å². The Bertz CT molecular complexity index is 156. The van der Waals surface area contributed by atoms with Crippen LogP contribution < -0.4 is 5.32 Å². The van der Waals surface area contributed by atoms with Crippen LogP contribution in [0.15, 0.2) is 0 Å². The molecule has 0 aromatic rings. The van der Waals surface area contributed by atoms with E-state index >= 15 is 0 Å². The van der Waals surface area contributed by atoms with Crippen LogP contribution in [-0.2, 0) is 14.2 Å². The number of hydrogen-bond acceptors (Lipinski definition) is 4. The Morgan fingerprint density at radius 2 is 2.13 bits per heavy atom. The summed E-state index contributed by atoms with van der Waals surface area (Å²) in [7, 11) is 5.28. The molecule has 0 amide bonds. The summed E-state index contributed by atoms with van der Waals surface area (Å²) in [5, 5.41) is 3.22. The summed E-state index contributed by atoms with van der Waals surface area (Å²) in [5.74, 6) is 0. The zero-order valence-electron chi connectivity index (χ0n) is 9.99. The van der Waals surface area contributed by atoms with Gasteiger partial charge in [-0.2, -0.15) is 0 Å². The predicted molar refractivity (Wildman–Crippen MR) is 58.9 cm³/mol. The van der Waals surface area contributed by atoms with Crippen LogP contribution in [0.25, 0.3) is 0 Å². The smallest absolute Gasteiger partial charge is 0.171 e. The minimum atomic E-state index is -0.170. The summed E-state index contributed by atoms with van der Waals surface area (Å²) in [6, 6.07) is 0.240. The van der Waals surface area contributed by atoms with Gasteiger partial charge in [0.15, 0.2) is 6.29 Å². The predicted octanol–water partition coefficient (Wildman–Crippen LogP) is 1.15. The molecule has 1 saturated heterocycles. The molecule has 1 fully saturated rings. The van der Waals surface area contributed by atoms with Gasteiger partial charge in [0, 0.05) is 20.8 Å². The van der Waals surface area contributed by atoms with Gasteiger partial charge in [-0.1, -0.05) is 0 Å². The highest BCUT2D eigenvalue weighted by Crippen LogP contribution is 2.19. The third-order valence-corrected chi connectivity index (χ3v) is 2.99. The van der Waals surface area contributed by atoms with E-state index in [4.69, 9.17) is 14.2 Å². The Kier molecular flexibility index (Phi) is 6.17. The van der Waals surface area contributed by atoms with Gasteiger partial charge in [0.1, 0.15) is 0 Å². The number of nitrogens with one attached hydrogen (secondary N) is 1. The summed E-state index contributed by atoms with van der Waals surface area (Å²) in [5.41, 5.74) is 0. The number of methoxy groups -OCH3 is 2. The molecule has 1 N–H and O–H groups in total. The van der Waals surface area contributed by atoms with E-state index in [1.165, 1.54) is 12.8 Å². The SMILES string of the molecule is CNC(CCC1CCCO1)C(OC)OC. The van der Waals surface area contributed by atoms with Crippen molar-refractivity contribution in [2.45, 2.75) is 44.1 Å². The standard InChI is InChI=1S/C11H23NO3/c1-12-10(11(13-2)14-3)7-6-9-5-4-8-15-9/h9-12H,4-8H2,1-3H3. The molecule has 2 atom stereocenters. The molecule has 0 radical (unpaired) electrons. The lowest BCUT2D eigenvalue weighted by Gasteiger charge is -2.25. The molecule has 1 rings (SSSR count). The zero-order chi connectivity index (χ0) is 11.1. The van der Waals surface area contributed by atoms with Gasteiger partial charge >= 0.3 is 0 Å². The van der Waals surface area contributed by atoms with Gasteiger partial charge in [-0.25, -0.2) is 0 Å². The molecular formula is C11H23NO3. The molecule has 1 aliphatic rings. The maximum atomic E-state index is 5.59. The number of likely N-dealkylation sites (N-methyl/N-ethyl adjacent to an activating group) is 1. The van der Waals surface area contributed by atoms with Crippen LogP contribution >= 0.6 is 0 Å². The highest BCUT2D eigenvalue weighted by atomic mass is 16.7. The van der Waals surface area contributed by atoms with Crippen LogP contribution in [-0.4, -0.2) is 46.3 Å². The van der Waals surface area contributed by atoms with Gasteiger partial charge in [-0.15, -0.1) is 0 Å². The lowest BCUT2D eigenvalue weighted by Crippen LogP contribution is -2.40. The van der Waals surface area contributed by atoms with E-state index in [-0.39, 0.29) is 12.3 Å². The fourth-order valence-electron chi connectivity index (χ4n) is 2.08. The van der Waals surface area contributed by atoms with Crippen molar-refractivity contribution in [2.75, 3.05) is 27.9 Å². The first-order chi connectivity index (χ1) is 7.31. The van der Waals surface area contributed by atoms with Gasteiger partial charge < -0.3 is 19.5 Å². The second-order valence-electron chi connectivity index (χ2n) is 3.95. The Balaban J connectivity index is 2.25. The molecule has 4 heteroatoms. The van der Waals surface area contributed by atoms with Crippen molar-refractivity contribution in [1.82, 2.24) is 5.32 Å². The van der Waals surface area contributed by atoms with Crippen LogP contribution in [0.3, 0.4) is 0 Å². The Labute approximate surface area is 92.3 Å². The van der Waals surface area contributed by atoms with Crippen LogP contribution in [0.2, 0.25) is 0 Å². The summed E-state index contributed by atoms with van der Waals surface area (Å²) < 4.78 is 16.1. The lowest BCUT2D eigenvalue weighted by atomic mass is 10.1. The van der Waals surface area contributed by atoms with E-state index in [0.29, 0.717) is 6.10 Å². The minimum absolute atomic E-state index is 0.170. The molecule has 2 unspecified atom stereocenters. The molecule has 90 valence electrons. The molecule has 15 heavy (non-hydrogen) atoms. The second kappa shape index (κ2) is 7.17. The van der Waals surface area contributed by atoms with Gasteiger partial charge in [-0.3, -0.25) is 0 Å². The van der Waals surface area contributed by atoms with Crippen molar-refractivity contribution in [2.24, 2.45) is 0 Å². The fourth-order valence-corrected chi connectivity index (χ4v) is 2.08. The van der Waals surface area contributed by atoms with Crippen LogP contribution in [0, 0.1) is 0 Å². The van der Waals surface area contributed by atoms with Gasteiger partial charge in [-0.05, 0) is 32.7 Å². The molecule has 0 aliphatic carbocycles. The van der Waals surface area contributed by atoms with Gasteiger partial charge in [0.05, 0.1) is 12.1 Å². The van der Waals surface area contributed by atoms with Crippen LogP contribution in [0.5, 0.6) is 0 Å². The lowest BCUT2D eigenvalue weighted by molar-refractivity contribution is -0.124. The second-order valence-corrected chi connectivity index (χ2v) is 3.95.